The van der Waals surface area contributed by atoms with Gasteiger partial charge in [0, 0.05) is 11.8 Å². The predicted octanol–water partition coefficient (Wildman–Crippen LogP) is 2.19. The van der Waals surface area contributed by atoms with E-state index in [1.807, 2.05) is 49.4 Å². The zero-order chi connectivity index (χ0) is 19.4. The van der Waals surface area contributed by atoms with Crippen molar-refractivity contribution in [3.05, 3.63) is 60.0 Å². The van der Waals surface area contributed by atoms with Crippen LogP contribution in [-0.2, 0) is 11.3 Å². The quantitative estimate of drug-likeness (QED) is 0.505. The first kappa shape index (κ1) is 21.6. The number of benzene rings is 1. The zero-order valence-corrected chi connectivity index (χ0v) is 16.5. The maximum Gasteiger partial charge on any atom is 0.239 e. The van der Waals surface area contributed by atoms with E-state index in [9.17, 15) is 9.90 Å². The fourth-order valence-electron chi connectivity index (χ4n) is 2.63. The van der Waals surface area contributed by atoms with Gasteiger partial charge in [-0.05, 0) is 26.0 Å². The topological polar surface area (TPSA) is 117 Å². The Morgan fingerprint density at radius 1 is 1.25 bits per heavy atom. The minimum Gasteiger partial charge on any atom is -0.391 e. The number of imidazole rings is 1. The normalized spacial score (nSPS) is 12.7. The smallest absolute Gasteiger partial charge is 0.239 e. The van der Waals surface area contributed by atoms with E-state index in [1.54, 1.807) is 6.20 Å². The van der Waals surface area contributed by atoms with Gasteiger partial charge in [0.05, 0.1) is 29.7 Å². The van der Waals surface area contributed by atoms with Crippen LogP contribution in [0, 0.1) is 6.92 Å². The molecule has 0 bridgehead atoms. The van der Waals surface area contributed by atoms with Gasteiger partial charge in [-0.2, -0.15) is 0 Å². The molecule has 2 atom stereocenters. The summed E-state index contributed by atoms with van der Waals surface area (Å²) in [4.78, 5) is 24.3. The van der Waals surface area contributed by atoms with E-state index < -0.39 is 18.1 Å². The van der Waals surface area contributed by atoms with Crippen molar-refractivity contribution in [1.82, 2.24) is 20.3 Å². The van der Waals surface area contributed by atoms with E-state index in [-0.39, 0.29) is 19.0 Å². The molecule has 7 nitrogen and oxygen atoms in total. The van der Waals surface area contributed by atoms with Crippen LogP contribution in [0.3, 0.4) is 0 Å². The number of hydrogen-bond acceptors (Lipinski definition) is 5. The van der Waals surface area contributed by atoms with Crippen LogP contribution in [0.15, 0.2) is 48.7 Å². The van der Waals surface area contributed by atoms with Gasteiger partial charge in [0.2, 0.25) is 5.91 Å². The van der Waals surface area contributed by atoms with Crippen molar-refractivity contribution in [2.24, 2.45) is 5.73 Å². The number of aryl methyl sites for hydroxylation is 1. The first-order chi connectivity index (χ1) is 13.0. The largest absolute Gasteiger partial charge is 0.391 e. The number of aromatic nitrogens is 3. The maximum atomic E-state index is 12.0. The first-order valence-corrected chi connectivity index (χ1v) is 8.74. The Kier molecular flexibility index (Phi) is 7.28. The lowest BCUT2D eigenvalue weighted by Crippen LogP contribution is -2.46. The number of carbonyl (C=O) groups is 1. The average molecular weight is 402 g/mol. The van der Waals surface area contributed by atoms with Gasteiger partial charge in [0.1, 0.15) is 11.9 Å². The molecule has 0 aliphatic rings. The third-order valence-corrected chi connectivity index (χ3v) is 4.25. The second-order valence-electron chi connectivity index (χ2n) is 6.47. The fraction of sp³-hybridized carbons (Fsp3) is 0.250. The number of nitrogens with one attached hydrogen (secondary N) is 2. The molecule has 0 radical (unpaired) electrons. The SMILES string of the molecule is Cc1ccc(-c2nc(CNC(=O)[C@@H](N)[C@@H](C)O)[nH]c2-c2ccccn2)cc1.Cl. The highest BCUT2D eigenvalue weighted by atomic mass is 35.5. The lowest BCUT2D eigenvalue weighted by Gasteiger charge is -2.13. The highest BCUT2D eigenvalue weighted by Crippen LogP contribution is 2.29. The molecule has 28 heavy (non-hydrogen) atoms. The third-order valence-electron chi connectivity index (χ3n) is 4.25. The number of H-pyrrole nitrogens is 1. The number of aliphatic hydroxyl groups is 1. The van der Waals surface area contributed by atoms with Crippen molar-refractivity contribution in [2.75, 3.05) is 0 Å². The number of amides is 1. The number of halogens is 1. The van der Waals surface area contributed by atoms with E-state index in [4.69, 9.17) is 5.73 Å². The molecule has 0 aliphatic carbocycles. The minimum absolute atomic E-state index is 0. The first-order valence-electron chi connectivity index (χ1n) is 8.74. The molecule has 3 rings (SSSR count). The summed E-state index contributed by atoms with van der Waals surface area (Å²) in [6, 6.07) is 12.7. The molecule has 2 aromatic heterocycles. The van der Waals surface area contributed by atoms with Gasteiger partial charge in [0.25, 0.3) is 0 Å². The van der Waals surface area contributed by atoms with E-state index in [0.29, 0.717) is 5.82 Å². The highest BCUT2D eigenvalue weighted by Gasteiger charge is 2.20. The van der Waals surface area contributed by atoms with Crippen LogP contribution < -0.4 is 11.1 Å². The van der Waals surface area contributed by atoms with E-state index in [1.165, 1.54) is 6.92 Å². The molecule has 1 amide bonds. The number of carbonyl (C=O) groups excluding carboxylic acids is 1. The molecule has 5 N–H and O–H groups in total. The molecule has 1 aromatic carbocycles. The van der Waals surface area contributed by atoms with E-state index in [0.717, 1.165) is 28.2 Å². The van der Waals surface area contributed by atoms with Crippen LogP contribution in [-0.4, -0.2) is 38.1 Å². The summed E-state index contributed by atoms with van der Waals surface area (Å²) in [5, 5.41) is 12.1. The number of nitrogens with two attached hydrogens (primary N) is 1. The van der Waals surface area contributed by atoms with Crippen molar-refractivity contribution in [3.63, 3.8) is 0 Å². The predicted molar refractivity (Wildman–Crippen MR) is 111 cm³/mol. The lowest BCUT2D eigenvalue weighted by atomic mass is 10.1. The van der Waals surface area contributed by atoms with Crippen molar-refractivity contribution in [3.8, 4) is 22.6 Å². The molecule has 0 saturated carbocycles. The molecule has 8 heteroatoms. The summed E-state index contributed by atoms with van der Waals surface area (Å²) in [5.41, 5.74) is 10.1. The van der Waals surface area contributed by atoms with Gasteiger partial charge >= 0.3 is 0 Å². The highest BCUT2D eigenvalue weighted by molar-refractivity contribution is 5.85. The molecule has 0 aliphatic heterocycles. The second-order valence-corrected chi connectivity index (χ2v) is 6.47. The molecule has 0 spiro atoms. The number of aliphatic hydroxyl groups excluding tert-OH is 1. The fourth-order valence-corrected chi connectivity index (χ4v) is 2.63. The lowest BCUT2D eigenvalue weighted by molar-refractivity contribution is -0.124. The number of nitrogens with zero attached hydrogens (tertiary/aromatic N) is 2. The Balaban J connectivity index is 0.00000280. The molecular formula is C20H24ClN5O2. The Morgan fingerprint density at radius 3 is 2.57 bits per heavy atom. The number of hydrogen-bond donors (Lipinski definition) is 4. The van der Waals surface area contributed by atoms with Gasteiger partial charge in [-0.3, -0.25) is 9.78 Å². The van der Waals surface area contributed by atoms with Crippen LogP contribution >= 0.6 is 12.4 Å². The van der Waals surface area contributed by atoms with Crippen LogP contribution in [0.25, 0.3) is 22.6 Å². The molecule has 2 heterocycles. The number of aromatic amines is 1. The Hall–Kier alpha value is -2.74. The zero-order valence-electron chi connectivity index (χ0n) is 15.7. The van der Waals surface area contributed by atoms with Crippen molar-refractivity contribution >= 4 is 18.3 Å². The van der Waals surface area contributed by atoms with Gasteiger partial charge in [0.15, 0.2) is 0 Å². The van der Waals surface area contributed by atoms with E-state index in [2.05, 4.69) is 20.3 Å². The summed E-state index contributed by atoms with van der Waals surface area (Å²) in [7, 11) is 0. The molecule has 0 fully saturated rings. The van der Waals surface area contributed by atoms with Gasteiger partial charge in [-0.1, -0.05) is 35.9 Å². The summed E-state index contributed by atoms with van der Waals surface area (Å²) >= 11 is 0. The molecule has 3 aromatic rings. The molecular weight excluding hydrogens is 378 g/mol. The van der Waals surface area contributed by atoms with Crippen LogP contribution in [0.4, 0.5) is 0 Å². The van der Waals surface area contributed by atoms with Crippen LogP contribution in [0.1, 0.15) is 18.3 Å². The Labute approximate surface area is 169 Å². The number of pyridine rings is 1. The summed E-state index contributed by atoms with van der Waals surface area (Å²) in [5.74, 6) is 0.148. The van der Waals surface area contributed by atoms with Gasteiger partial charge < -0.3 is 21.1 Å². The average Bonchev–Trinajstić information content (AvgIpc) is 3.11. The van der Waals surface area contributed by atoms with Gasteiger partial charge in [-0.15, -0.1) is 12.4 Å². The van der Waals surface area contributed by atoms with Gasteiger partial charge in [-0.25, -0.2) is 4.98 Å². The summed E-state index contributed by atoms with van der Waals surface area (Å²) in [6.07, 6.45) is 0.798. The monoisotopic (exact) mass is 401 g/mol. The summed E-state index contributed by atoms with van der Waals surface area (Å²) in [6.45, 7) is 3.68. The van der Waals surface area contributed by atoms with Crippen LogP contribution in [0.2, 0.25) is 0 Å². The third kappa shape index (κ3) is 4.95. The van der Waals surface area contributed by atoms with Crippen molar-refractivity contribution < 1.29 is 9.90 Å². The van der Waals surface area contributed by atoms with Crippen LogP contribution in [0.5, 0.6) is 0 Å². The van der Waals surface area contributed by atoms with Crippen molar-refractivity contribution in [2.45, 2.75) is 32.5 Å². The molecule has 0 unspecified atom stereocenters. The Morgan fingerprint density at radius 2 is 1.96 bits per heavy atom. The molecule has 148 valence electrons. The van der Waals surface area contributed by atoms with E-state index >= 15 is 0 Å². The molecule has 0 saturated heterocycles. The number of rotatable bonds is 6. The summed E-state index contributed by atoms with van der Waals surface area (Å²) < 4.78 is 0. The standard InChI is InChI=1S/C20H23N5O2.ClH/c1-12-6-8-14(9-7-12)18-19(15-5-3-4-10-22-15)25-16(24-18)11-23-20(27)17(21)13(2)26;/h3-10,13,17,26H,11,21H2,1-2H3,(H,23,27)(H,24,25);1H/t13-,17+;/m1./s1. The maximum absolute atomic E-state index is 12.0. The Bertz CT molecular complexity index is 910. The minimum atomic E-state index is -0.980. The van der Waals surface area contributed by atoms with Crippen molar-refractivity contribution in [1.29, 1.82) is 0 Å². The second kappa shape index (κ2) is 9.45.